The third-order valence-electron chi connectivity index (χ3n) is 4.51. The topological polar surface area (TPSA) is 144 Å². The summed E-state index contributed by atoms with van der Waals surface area (Å²) in [6, 6.07) is 20.2. The van der Waals surface area contributed by atoms with Crippen molar-refractivity contribution in [2.75, 3.05) is 5.73 Å². The van der Waals surface area contributed by atoms with E-state index in [1.807, 2.05) is 24.3 Å². The summed E-state index contributed by atoms with van der Waals surface area (Å²) in [5.41, 5.74) is 5.58. The molecule has 0 spiro atoms. The van der Waals surface area contributed by atoms with Crippen molar-refractivity contribution in [3.8, 4) is 0 Å². The molecule has 0 saturated carbocycles. The SMILES string of the molecule is Nc1c(C(=O)O)ccc2ccccc12.O=C(O)c1ccc2ccccc2c1[N+](=O)[O-].[HH]. The fraction of sp³-hybridized carbons (Fsp3) is 0. The van der Waals surface area contributed by atoms with E-state index in [0.717, 1.165) is 10.8 Å². The Morgan fingerprint density at radius 3 is 1.77 bits per heavy atom. The van der Waals surface area contributed by atoms with E-state index in [0.29, 0.717) is 16.5 Å². The molecule has 0 unspecified atom stereocenters. The Bertz CT molecular complexity index is 1310. The molecule has 8 nitrogen and oxygen atoms in total. The van der Waals surface area contributed by atoms with Crippen molar-refractivity contribution >= 4 is 44.9 Å². The van der Waals surface area contributed by atoms with Crippen LogP contribution in [0.5, 0.6) is 0 Å². The van der Waals surface area contributed by atoms with Crippen molar-refractivity contribution < 1.29 is 26.2 Å². The number of fused-ring (bicyclic) bond motifs is 2. The number of nitro benzene ring substituents is 1. The summed E-state index contributed by atoms with van der Waals surface area (Å²) >= 11 is 0. The van der Waals surface area contributed by atoms with Gasteiger partial charge >= 0.3 is 11.9 Å². The molecule has 8 heteroatoms. The van der Waals surface area contributed by atoms with Crippen LogP contribution < -0.4 is 5.73 Å². The molecular weight excluding hydrogens is 388 g/mol. The Morgan fingerprint density at radius 1 is 0.767 bits per heavy atom. The second-order valence-corrected chi connectivity index (χ2v) is 6.30. The molecule has 4 aromatic carbocycles. The molecule has 0 fully saturated rings. The fourth-order valence-electron chi connectivity index (χ4n) is 3.11. The minimum atomic E-state index is -1.29. The van der Waals surface area contributed by atoms with Crippen LogP contribution in [0.1, 0.15) is 22.1 Å². The lowest BCUT2D eigenvalue weighted by atomic mass is 10.0. The number of nitrogens with zero attached hydrogens (tertiary/aromatic N) is 1. The lowest BCUT2D eigenvalue weighted by Gasteiger charge is -2.04. The Labute approximate surface area is 171 Å². The molecule has 0 heterocycles. The highest BCUT2D eigenvalue weighted by molar-refractivity contribution is 6.05. The molecule has 152 valence electrons. The summed E-state index contributed by atoms with van der Waals surface area (Å²) < 4.78 is 0. The summed E-state index contributed by atoms with van der Waals surface area (Å²) in [5.74, 6) is -2.29. The number of hydrogen-bond acceptors (Lipinski definition) is 5. The summed E-state index contributed by atoms with van der Waals surface area (Å²) in [6.45, 7) is 0. The maximum absolute atomic E-state index is 10.9. The van der Waals surface area contributed by atoms with Gasteiger partial charge in [0, 0.05) is 6.81 Å². The number of anilines is 1. The molecule has 0 aliphatic rings. The number of aromatic carboxylic acids is 2. The third-order valence-corrected chi connectivity index (χ3v) is 4.51. The summed E-state index contributed by atoms with van der Waals surface area (Å²) in [6.07, 6.45) is 0. The number of nitro groups is 1. The minimum absolute atomic E-state index is 0. The number of carboxylic acid groups (broad SMARTS) is 2. The Morgan fingerprint density at radius 2 is 1.23 bits per heavy atom. The predicted molar refractivity (Wildman–Crippen MR) is 115 cm³/mol. The molecule has 0 radical (unpaired) electrons. The van der Waals surface area contributed by atoms with Gasteiger partial charge in [0.2, 0.25) is 0 Å². The van der Waals surface area contributed by atoms with Crippen LogP contribution in [0.15, 0.2) is 72.8 Å². The number of hydrogen-bond donors (Lipinski definition) is 3. The third kappa shape index (κ3) is 3.88. The van der Waals surface area contributed by atoms with Gasteiger partial charge in [-0.25, -0.2) is 9.59 Å². The molecule has 4 aromatic rings. The van der Waals surface area contributed by atoms with Crippen LogP contribution in [-0.4, -0.2) is 27.1 Å². The second-order valence-electron chi connectivity index (χ2n) is 6.30. The zero-order chi connectivity index (χ0) is 21.8. The highest BCUT2D eigenvalue weighted by Crippen LogP contribution is 2.29. The molecule has 0 atom stereocenters. The Kier molecular flexibility index (Phi) is 5.59. The van der Waals surface area contributed by atoms with Gasteiger partial charge in [-0.3, -0.25) is 10.1 Å². The number of nitrogen functional groups attached to an aromatic ring is 1. The average Bonchev–Trinajstić information content (AvgIpc) is 2.73. The molecule has 0 aliphatic heterocycles. The first-order valence-electron chi connectivity index (χ1n) is 8.71. The Balaban J connectivity index is 0.000000215. The van der Waals surface area contributed by atoms with E-state index in [1.54, 1.807) is 36.4 Å². The van der Waals surface area contributed by atoms with Gasteiger partial charge in [-0.1, -0.05) is 54.6 Å². The first kappa shape index (κ1) is 20.3. The number of carbonyl (C=O) groups is 2. The highest BCUT2D eigenvalue weighted by Gasteiger charge is 2.22. The second kappa shape index (κ2) is 8.27. The van der Waals surface area contributed by atoms with Crippen molar-refractivity contribution in [2.24, 2.45) is 0 Å². The van der Waals surface area contributed by atoms with Crippen LogP contribution in [0.25, 0.3) is 21.5 Å². The molecule has 0 saturated heterocycles. The van der Waals surface area contributed by atoms with E-state index in [-0.39, 0.29) is 18.2 Å². The lowest BCUT2D eigenvalue weighted by Crippen LogP contribution is -2.02. The molecule has 0 amide bonds. The van der Waals surface area contributed by atoms with Crippen molar-refractivity contribution in [2.45, 2.75) is 0 Å². The highest BCUT2D eigenvalue weighted by atomic mass is 16.6. The van der Waals surface area contributed by atoms with Crippen molar-refractivity contribution in [1.82, 2.24) is 0 Å². The van der Waals surface area contributed by atoms with E-state index < -0.39 is 16.9 Å². The fourth-order valence-corrected chi connectivity index (χ4v) is 3.11. The number of benzene rings is 4. The maximum Gasteiger partial charge on any atom is 0.342 e. The summed E-state index contributed by atoms with van der Waals surface area (Å²) in [7, 11) is 0. The van der Waals surface area contributed by atoms with Crippen LogP contribution in [-0.2, 0) is 0 Å². The molecule has 0 aromatic heterocycles. The van der Waals surface area contributed by atoms with E-state index >= 15 is 0 Å². The first-order valence-corrected chi connectivity index (χ1v) is 8.71. The average molecular weight is 406 g/mol. The summed E-state index contributed by atoms with van der Waals surface area (Å²) in [5, 5.41) is 31.3. The van der Waals surface area contributed by atoms with Gasteiger partial charge in [0.1, 0.15) is 5.56 Å². The van der Waals surface area contributed by atoms with Gasteiger partial charge in [-0.2, -0.15) is 0 Å². The largest absolute Gasteiger partial charge is 0.478 e. The van der Waals surface area contributed by atoms with E-state index in [1.165, 1.54) is 12.1 Å². The van der Waals surface area contributed by atoms with E-state index in [4.69, 9.17) is 15.9 Å². The van der Waals surface area contributed by atoms with E-state index in [9.17, 15) is 19.7 Å². The zero-order valence-corrected chi connectivity index (χ0v) is 15.5. The quantitative estimate of drug-likeness (QED) is 0.251. The van der Waals surface area contributed by atoms with Crippen LogP contribution in [0.4, 0.5) is 11.4 Å². The molecule has 30 heavy (non-hydrogen) atoms. The van der Waals surface area contributed by atoms with E-state index in [2.05, 4.69) is 0 Å². The van der Waals surface area contributed by atoms with Crippen molar-refractivity contribution in [3.63, 3.8) is 0 Å². The van der Waals surface area contributed by atoms with Crippen molar-refractivity contribution in [1.29, 1.82) is 0 Å². The van der Waals surface area contributed by atoms with Crippen LogP contribution in [0.3, 0.4) is 0 Å². The van der Waals surface area contributed by atoms with Gasteiger partial charge in [0.05, 0.1) is 21.6 Å². The number of carboxylic acids is 2. The first-order chi connectivity index (χ1) is 14.3. The molecular formula is C22H18N2O6. The van der Waals surface area contributed by atoms with Crippen LogP contribution in [0.2, 0.25) is 0 Å². The predicted octanol–water partition coefficient (Wildman–Crippen LogP) is 4.81. The number of nitrogens with two attached hydrogens (primary N) is 1. The molecule has 4 N–H and O–H groups in total. The van der Waals surface area contributed by atoms with Gasteiger partial charge in [0.15, 0.2) is 0 Å². The molecule has 0 bridgehead atoms. The monoisotopic (exact) mass is 406 g/mol. The minimum Gasteiger partial charge on any atom is -0.478 e. The molecule has 4 rings (SSSR count). The standard InChI is InChI=1S/C11H7NO4.C11H9NO2.H2/c13-11(14)9-6-5-7-3-1-2-4-8(7)10(9)12(15)16;12-10-8-4-2-1-3-7(8)5-6-9(10)11(13)14;/h1-6H,(H,13,14);1-6H,12H2,(H,13,14);1H. The maximum atomic E-state index is 10.9. The smallest absolute Gasteiger partial charge is 0.342 e. The van der Waals surface area contributed by atoms with Gasteiger partial charge in [-0.05, 0) is 29.0 Å². The van der Waals surface area contributed by atoms with Crippen LogP contribution in [0, 0.1) is 10.1 Å². The van der Waals surface area contributed by atoms with Gasteiger partial charge < -0.3 is 15.9 Å². The summed E-state index contributed by atoms with van der Waals surface area (Å²) in [4.78, 5) is 31.9. The Hall–Kier alpha value is -4.46. The normalized spacial score (nSPS) is 10.3. The zero-order valence-electron chi connectivity index (χ0n) is 15.5. The van der Waals surface area contributed by atoms with Gasteiger partial charge in [0.25, 0.3) is 5.69 Å². The van der Waals surface area contributed by atoms with Gasteiger partial charge in [-0.15, -0.1) is 0 Å². The molecule has 0 aliphatic carbocycles. The number of rotatable bonds is 3. The van der Waals surface area contributed by atoms with Crippen LogP contribution >= 0.6 is 0 Å². The van der Waals surface area contributed by atoms with Crippen molar-refractivity contribution in [3.05, 3.63) is 94.0 Å². The lowest BCUT2D eigenvalue weighted by molar-refractivity contribution is -0.383.